The first-order valence-electron chi connectivity index (χ1n) is 12.4. The van der Waals surface area contributed by atoms with E-state index in [0.717, 1.165) is 17.7 Å². The Morgan fingerprint density at radius 2 is 1.22 bits per heavy atom. The lowest BCUT2D eigenvalue weighted by Crippen LogP contribution is -2.41. The number of alkyl halides is 2. The molecule has 0 bridgehead atoms. The maximum atomic E-state index is 14.4. The summed E-state index contributed by atoms with van der Waals surface area (Å²) in [6.07, 6.45) is 0.129. The number of ether oxygens (including phenoxy) is 1. The van der Waals surface area contributed by atoms with Gasteiger partial charge >= 0.3 is 19.2 Å². The molecule has 4 aromatic carbocycles. The predicted molar refractivity (Wildman–Crippen MR) is 146 cm³/mol. The van der Waals surface area contributed by atoms with Crippen molar-refractivity contribution in [2.24, 2.45) is 0 Å². The summed E-state index contributed by atoms with van der Waals surface area (Å²) in [7, 11) is -4.53. The lowest BCUT2D eigenvalue weighted by molar-refractivity contribution is 0.0564. The van der Waals surface area contributed by atoms with E-state index in [1.165, 1.54) is 67.8 Å². The smallest absolute Gasteiger partial charge is 0.399 e. The van der Waals surface area contributed by atoms with Gasteiger partial charge in [0.1, 0.15) is 5.82 Å². The van der Waals surface area contributed by atoms with Crippen molar-refractivity contribution in [3.8, 4) is 0 Å². The fourth-order valence-corrected chi connectivity index (χ4v) is 5.25. The second kappa shape index (κ2) is 11.8. The van der Waals surface area contributed by atoms with Crippen LogP contribution < -0.4 is 0 Å². The van der Waals surface area contributed by atoms with Crippen molar-refractivity contribution >= 4 is 19.3 Å². The summed E-state index contributed by atoms with van der Waals surface area (Å²) < 4.78 is 58.7. The van der Waals surface area contributed by atoms with Crippen LogP contribution in [-0.2, 0) is 33.2 Å². The van der Waals surface area contributed by atoms with Gasteiger partial charge in [-0.25, -0.2) is 9.18 Å². The first-order valence-corrected chi connectivity index (χ1v) is 14.0. The van der Waals surface area contributed by atoms with Gasteiger partial charge in [-0.05, 0) is 53.8 Å². The first-order chi connectivity index (χ1) is 19.4. The largest absolute Gasteiger partial charge is 0.465 e. The Hall–Kier alpha value is -4.04. The minimum Gasteiger partial charge on any atom is -0.465 e. The third kappa shape index (κ3) is 6.33. The highest BCUT2D eigenvalue weighted by atomic mass is 31.2. The Labute approximate surface area is 234 Å². The topological polar surface area (TPSA) is 101 Å². The van der Waals surface area contributed by atoms with E-state index in [0.29, 0.717) is 11.1 Å². The molecule has 0 aliphatic carbocycles. The molecular weight excluding hydrogens is 556 g/mol. The zero-order chi connectivity index (χ0) is 29.8. The molecule has 0 aromatic heterocycles. The third-order valence-corrected chi connectivity index (χ3v) is 7.91. The monoisotopic (exact) mass is 582 g/mol. The lowest BCUT2D eigenvalue weighted by Gasteiger charge is -2.34. The maximum absolute atomic E-state index is 14.4. The van der Waals surface area contributed by atoms with Crippen molar-refractivity contribution < 1.29 is 41.8 Å². The first kappa shape index (κ1) is 29.9. The van der Waals surface area contributed by atoms with Gasteiger partial charge in [-0.1, -0.05) is 78.9 Å². The van der Waals surface area contributed by atoms with Crippen LogP contribution in [0.4, 0.5) is 13.2 Å². The summed E-state index contributed by atoms with van der Waals surface area (Å²) in [6.45, 7) is 0. The summed E-state index contributed by atoms with van der Waals surface area (Å²) in [5.74, 6) is -1.46. The van der Waals surface area contributed by atoms with Gasteiger partial charge in [0.2, 0.25) is 0 Å². The highest BCUT2D eigenvalue weighted by Crippen LogP contribution is 2.59. The molecule has 0 radical (unpaired) electrons. The molecule has 1 atom stereocenters. The van der Waals surface area contributed by atoms with Crippen LogP contribution >= 0.6 is 7.60 Å². The van der Waals surface area contributed by atoms with Gasteiger partial charge in [0.25, 0.3) is 0 Å². The van der Waals surface area contributed by atoms with Crippen LogP contribution in [0, 0.1) is 5.82 Å². The zero-order valence-electron chi connectivity index (χ0n) is 21.8. The van der Waals surface area contributed by atoms with Gasteiger partial charge in [0.05, 0.1) is 18.1 Å². The number of esters is 1. The van der Waals surface area contributed by atoms with Gasteiger partial charge in [-0.3, -0.25) is 9.36 Å². The number of benzene rings is 4. The molecule has 6 nitrogen and oxygen atoms in total. The van der Waals surface area contributed by atoms with E-state index in [2.05, 4.69) is 0 Å². The molecule has 4 aromatic rings. The van der Waals surface area contributed by atoms with Crippen LogP contribution in [0.5, 0.6) is 0 Å². The van der Waals surface area contributed by atoms with E-state index >= 15 is 0 Å². The van der Waals surface area contributed by atoms with E-state index in [9.17, 15) is 27.3 Å². The molecule has 0 saturated carbocycles. The molecule has 0 saturated heterocycles. The average Bonchev–Trinajstić information content (AvgIpc) is 2.96. The highest BCUT2D eigenvalue weighted by Gasteiger charge is 2.50. The normalized spacial score (nSPS) is 13.3. The number of hydrogen-bond acceptors (Lipinski definition) is 4. The molecule has 212 valence electrons. The van der Waals surface area contributed by atoms with Crippen LogP contribution in [0.3, 0.4) is 0 Å². The Morgan fingerprint density at radius 1 is 0.732 bits per heavy atom. The van der Waals surface area contributed by atoms with E-state index in [1.807, 2.05) is 18.2 Å². The third-order valence-electron chi connectivity index (χ3n) is 6.92. The molecule has 1 unspecified atom stereocenters. The van der Waals surface area contributed by atoms with E-state index < -0.39 is 36.0 Å². The lowest BCUT2D eigenvalue weighted by atomic mass is 9.67. The van der Waals surface area contributed by atoms with Crippen LogP contribution in [0.25, 0.3) is 0 Å². The van der Waals surface area contributed by atoms with Crippen molar-refractivity contribution in [3.63, 3.8) is 0 Å². The molecular formula is C31H26F3O6P. The quantitative estimate of drug-likeness (QED) is 0.127. The van der Waals surface area contributed by atoms with E-state index in [1.54, 1.807) is 12.1 Å². The number of ketones is 1. The van der Waals surface area contributed by atoms with Crippen LogP contribution in [-0.4, -0.2) is 28.6 Å². The minimum absolute atomic E-state index is 0.0210. The number of carbonyl (C=O) groups is 2. The fourth-order valence-electron chi connectivity index (χ4n) is 4.76. The Bertz CT molecular complexity index is 1570. The molecule has 10 heteroatoms. The van der Waals surface area contributed by atoms with Crippen LogP contribution in [0.1, 0.15) is 43.0 Å². The number of rotatable bonds is 10. The van der Waals surface area contributed by atoms with E-state index in [-0.39, 0.29) is 29.8 Å². The minimum atomic E-state index is -5.77. The summed E-state index contributed by atoms with van der Waals surface area (Å²) in [5.41, 5.74) is -4.46. The van der Waals surface area contributed by atoms with Crippen molar-refractivity contribution in [2.75, 3.05) is 7.11 Å². The van der Waals surface area contributed by atoms with Gasteiger partial charge in [-0.2, -0.15) is 8.78 Å². The maximum Gasteiger partial charge on any atom is 0.399 e. The van der Waals surface area contributed by atoms with Gasteiger partial charge in [0, 0.05) is 11.1 Å². The molecule has 41 heavy (non-hydrogen) atoms. The van der Waals surface area contributed by atoms with E-state index in [4.69, 9.17) is 14.5 Å². The summed E-state index contributed by atoms with van der Waals surface area (Å²) in [6, 6.07) is 24.8. The molecule has 0 amide bonds. The number of hydrogen-bond donors (Lipinski definition) is 2. The van der Waals surface area contributed by atoms with Gasteiger partial charge in [0.15, 0.2) is 5.78 Å². The Morgan fingerprint density at radius 3 is 1.73 bits per heavy atom. The Balaban J connectivity index is 1.86. The van der Waals surface area contributed by atoms with Gasteiger partial charge < -0.3 is 14.5 Å². The van der Waals surface area contributed by atoms with Crippen molar-refractivity contribution in [3.05, 3.63) is 142 Å². The second-order valence-electron chi connectivity index (χ2n) is 9.61. The molecule has 0 aliphatic heterocycles. The number of halogens is 3. The molecule has 0 aliphatic rings. The predicted octanol–water partition coefficient (Wildman–Crippen LogP) is 6.45. The second-order valence-corrected chi connectivity index (χ2v) is 11.3. The number of Topliss-reactive ketones (excluding diaryl/α,β-unsaturated/α-hetero) is 1. The van der Waals surface area contributed by atoms with Crippen molar-refractivity contribution in [2.45, 2.75) is 23.9 Å². The van der Waals surface area contributed by atoms with Crippen molar-refractivity contribution in [1.29, 1.82) is 0 Å². The highest BCUT2D eigenvalue weighted by molar-refractivity contribution is 7.52. The molecule has 0 spiro atoms. The number of methoxy groups -OCH3 is 1. The SMILES string of the molecule is COC(=O)c1ccc(C(=O)C(Cc2ccccc2)(Cc2ccc(C(F)(F)P(=O)(O)O)cc2)c2ccc(F)cc2)cc1. The standard InChI is InChI=1S/C31H26F3O6P/c1-40-29(36)24-11-9-23(10-12-24)28(35)30(19-21-5-3-2-4-6-21,25-15-17-27(32)18-16-25)20-22-7-13-26(14-8-22)31(33,34)41(37,38)39/h2-18H,19-20H2,1H3,(H2,37,38,39). The zero-order valence-corrected chi connectivity index (χ0v) is 22.7. The molecule has 2 N–H and O–H groups in total. The molecule has 4 rings (SSSR count). The average molecular weight is 583 g/mol. The number of carbonyl (C=O) groups excluding carboxylic acids is 2. The van der Waals surface area contributed by atoms with Crippen LogP contribution in [0.15, 0.2) is 103 Å². The molecule has 0 fully saturated rings. The summed E-state index contributed by atoms with van der Waals surface area (Å²) >= 11 is 0. The molecule has 0 heterocycles. The summed E-state index contributed by atoms with van der Waals surface area (Å²) in [5, 5.41) is 0. The summed E-state index contributed by atoms with van der Waals surface area (Å²) in [4.78, 5) is 44.6. The van der Waals surface area contributed by atoms with Crippen LogP contribution in [0.2, 0.25) is 0 Å². The van der Waals surface area contributed by atoms with Gasteiger partial charge in [-0.15, -0.1) is 0 Å². The fraction of sp³-hybridized carbons (Fsp3) is 0.161. The van der Waals surface area contributed by atoms with Crippen molar-refractivity contribution in [1.82, 2.24) is 0 Å². The Kier molecular flexibility index (Phi) is 8.63.